The first-order chi connectivity index (χ1) is 12.5. The maximum atomic E-state index is 12.0. The van der Waals surface area contributed by atoms with Crippen molar-refractivity contribution < 1.29 is 14.3 Å². The number of H-pyrrole nitrogens is 1. The Morgan fingerprint density at radius 1 is 1.00 bits per heavy atom. The maximum Gasteiger partial charge on any atom is 0.276 e. The average Bonchev–Trinajstić information content (AvgIpc) is 3.04. The van der Waals surface area contributed by atoms with E-state index in [4.69, 9.17) is 27.9 Å². The Labute approximate surface area is 159 Å². The summed E-state index contributed by atoms with van der Waals surface area (Å²) < 4.78 is 5.29. The number of rotatable bonds is 5. The SMILES string of the molecule is O=C(COc1ccc(Cl)c(Cl)c1)NNC(=O)Cc1c[nH]c2ccccc12. The molecule has 2 aromatic carbocycles. The standard InChI is InChI=1S/C18H15Cl2N3O3/c19-14-6-5-12(8-15(14)20)26-10-18(25)23-22-17(24)7-11-9-21-16-4-2-1-3-13(11)16/h1-6,8-9,21H,7,10H2,(H,22,24)(H,23,25). The Morgan fingerprint density at radius 3 is 2.58 bits per heavy atom. The molecule has 0 aliphatic heterocycles. The summed E-state index contributed by atoms with van der Waals surface area (Å²) in [5, 5.41) is 1.70. The van der Waals surface area contributed by atoms with Crippen molar-refractivity contribution in [3.05, 3.63) is 64.3 Å². The number of carbonyl (C=O) groups excluding carboxylic acids is 2. The van der Waals surface area contributed by atoms with Gasteiger partial charge < -0.3 is 9.72 Å². The van der Waals surface area contributed by atoms with Gasteiger partial charge in [-0.2, -0.15) is 0 Å². The molecule has 3 aromatic rings. The van der Waals surface area contributed by atoms with Gasteiger partial charge in [-0.15, -0.1) is 0 Å². The van der Waals surface area contributed by atoms with Gasteiger partial charge in [0.05, 0.1) is 16.5 Å². The predicted molar refractivity (Wildman–Crippen MR) is 100 cm³/mol. The molecule has 0 spiro atoms. The quantitative estimate of drug-likeness (QED) is 0.583. The summed E-state index contributed by atoms with van der Waals surface area (Å²) in [5.74, 6) is -0.430. The molecule has 2 amide bonds. The number of ether oxygens (including phenoxy) is 1. The molecule has 1 aromatic heterocycles. The van der Waals surface area contributed by atoms with Crippen LogP contribution in [0.1, 0.15) is 5.56 Å². The van der Waals surface area contributed by atoms with E-state index in [9.17, 15) is 9.59 Å². The van der Waals surface area contributed by atoms with Gasteiger partial charge in [0.25, 0.3) is 5.91 Å². The van der Waals surface area contributed by atoms with E-state index >= 15 is 0 Å². The monoisotopic (exact) mass is 391 g/mol. The molecule has 6 nitrogen and oxygen atoms in total. The van der Waals surface area contributed by atoms with Crippen molar-refractivity contribution >= 4 is 45.9 Å². The number of nitrogens with one attached hydrogen (secondary N) is 3. The molecule has 0 saturated carbocycles. The number of aromatic amines is 1. The number of benzene rings is 2. The molecule has 0 fully saturated rings. The molecule has 0 bridgehead atoms. The summed E-state index contributed by atoms with van der Waals surface area (Å²) in [6.45, 7) is -0.272. The van der Waals surface area contributed by atoms with Crippen LogP contribution < -0.4 is 15.6 Å². The molecule has 8 heteroatoms. The lowest BCUT2D eigenvalue weighted by Crippen LogP contribution is -2.44. The van der Waals surface area contributed by atoms with Crippen molar-refractivity contribution in [2.75, 3.05) is 6.61 Å². The fourth-order valence-corrected chi connectivity index (χ4v) is 2.67. The molecular formula is C18H15Cl2N3O3. The van der Waals surface area contributed by atoms with E-state index in [1.54, 1.807) is 18.3 Å². The van der Waals surface area contributed by atoms with Gasteiger partial charge in [-0.1, -0.05) is 41.4 Å². The Balaban J connectivity index is 1.46. The third kappa shape index (κ3) is 4.47. The fraction of sp³-hybridized carbons (Fsp3) is 0.111. The topological polar surface area (TPSA) is 83.2 Å². The Hall–Kier alpha value is -2.70. The summed E-state index contributed by atoms with van der Waals surface area (Å²) in [4.78, 5) is 26.9. The summed E-state index contributed by atoms with van der Waals surface area (Å²) in [5.41, 5.74) is 6.47. The van der Waals surface area contributed by atoms with Crippen molar-refractivity contribution in [1.29, 1.82) is 0 Å². The molecule has 3 rings (SSSR count). The minimum absolute atomic E-state index is 0.137. The van der Waals surface area contributed by atoms with Crippen LogP contribution in [0.25, 0.3) is 10.9 Å². The van der Waals surface area contributed by atoms with Gasteiger partial charge in [0, 0.05) is 23.2 Å². The second-order valence-corrected chi connectivity index (χ2v) is 6.31. The van der Waals surface area contributed by atoms with Gasteiger partial charge in [0.15, 0.2) is 6.61 Å². The van der Waals surface area contributed by atoms with Gasteiger partial charge in [0.2, 0.25) is 5.91 Å². The number of aromatic nitrogens is 1. The highest BCUT2D eigenvalue weighted by Crippen LogP contribution is 2.26. The molecule has 1 heterocycles. The summed E-state index contributed by atoms with van der Waals surface area (Å²) >= 11 is 11.7. The van der Waals surface area contributed by atoms with Gasteiger partial charge in [-0.3, -0.25) is 20.4 Å². The van der Waals surface area contributed by atoms with Crippen LogP contribution in [0.4, 0.5) is 0 Å². The van der Waals surface area contributed by atoms with Crippen LogP contribution in [0.15, 0.2) is 48.7 Å². The van der Waals surface area contributed by atoms with Crippen LogP contribution in [0, 0.1) is 0 Å². The van der Waals surface area contributed by atoms with Crippen molar-refractivity contribution in [1.82, 2.24) is 15.8 Å². The first-order valence-corrected chi connectivity index (χ1v) is 8.49. The normalized spacial score (nSPS) is 10.5. The number of carbonyl (C=O) groups is 2. The fourth-order valence-electron chi connectivity index (χ4n) is 2.39. The van der Waals surface area contributed by atoms with Gasteiger partial charge in [-0.05, 0) is 23.8 Å². The number of hydrazine groups is 1. The molecular weight excluding hydrogens is 377 g/mol. The zero-order valence-electron chi connectivity index (χ0n) is 13.5. The highest BCUT2D eigenvalue weighted by atomic mass is 35.5. The highest BCUT2D eigenvalue weighted by Gasteiger charge is 2.10. The van der Waals surface area contributed by atoms with Crippen molar-refractivity contribution in [3.63, 3.8) is 0 Å². The number of halogens is 2. The lowest BCUT2D eigenvalue weighted by Gasteiger charge is -2.09. The van der Waals surface area contributed by atoms with Crippen molar-refractivity contribution in [2.24, 2.45) is 0 Å². The Kier molecular flexibility index (Phi) is 5.65. The molecule has 0 radical (unpaired) electrons. The van der Waals surface area contributed by atoms with E-state index in [-0.39, 0.29) is 18.9 Å². The number of para-hydroxylation sites is 1. The first kappa shape index (κ1) is 18.1. The van der Waals surface area contributed by atoms with Crippen molar-refractivity contribution in [2.45, 2.75) is 6.42 Å². The Morgan fingerprint density at radius 2 is 1.77 bits per heavy atom. The third-order valence-corrected chi connectivity index (χ3v) is 4.37. The van der Waals surface area contributed by atoms with Crippen LogP contribution in [0.2, 0.25) is 10.0 Å². The van der Waals surface area contributed by atoms with Gasteiger partial charge in [0.1, 0.15) is 5.75 Å². The lowest BCUT2D eigenvalue weighted by molar-refractivity contribution is -0.129. The number of hydrogen-bond acceptors (Lipinski definition) is 3. The third-order valence-electron chi connectivity index (χ3n) is 3.63. The van der Waals surface area contributed by atoms with Crippen LogP contribution >= 0.6 is 23.2 Å². The highest BCUT2D eigenvalue weighted by molar-refractivity contribution is 6.42. The minimum atomic E-state index is -0.497. The van der Waals surface area contributed by atoms with E-state index in [1.165, 1.54) is 6.07 Å². The van der Waals surface area contributed by atoms with E-state index in [0.29, 0.717) is 15.8 Å². The minimum Gasteiger partial charge on any atom is -0.484 e. The molecule has 3 N–H and O–H groups in total. The van der Waals surface area contributed by atoms with Gasteiger partial charge in [-0.25, -0.2) is 0 Å². The molecule has 0 unspecified atom stereocenters. The zero-order chi connectivity index (χ0) is 18.5. The number of amides is 2. The van der Waals surface area contributed by atoms with Crippen molar-refractivity contribution in [3.8, 4) is 5.75 Å². The molecule has 134 valence electrons. The number of fused-ring (bicyclic) bond motifs is 1. The first-order valence-electron chi connectivity index (χ1n) is 7.73. The van der Waals surface area contributed by atoms with E-state index in [2.05, 4.69) is 15.8 Å². The summed E-state index contributed by atoms with van der Waals surface area (Å²) in [6, 6.07) is 12.3. The molecule has 0 saturated heterocycles. The largest absolute Gasteiger partial charge is 0.484 e. The van der Waals surface area contributed by atoms with E-state index < -0.39 is 5.91 Å². The van der Waals surface area contributed by atoms with Crippen LogP contribution in [-0.2, 0) is 16.0 Å². The maximum absolute atomic E-state index is 12.0. The van der Waals surface area contributed by atoms with E-state index in [1.807, 2.05) is 24.3 Å². The average molecular weight is 392 g/mol. The molecule has 0 atom stereocenters. The van der Waals surface area contributed by atoms with E-state index in [0.717, 1.165) is 16.5 Å². The molecule has 0 aliphatic carbocycles. The predicted octanol–water partition coefficient (Wildman–Crippen LogP) is 3.24. The smallest absolute Gasteiger partial charge is 0.276 e. The zero-order valence-corrected chi connectivity index (χ0v) is 15.0. The molecule has 0 aliphatic rings. The summed E-state index contributed by atoms with van der Waals surface area (Å²) in [7, 11) is 0. The second-order valence-electron chi connectivity index (χ2n) is 5.50. The van der Waals surface area contributed by atoms with Crippen LogP contribution in [0.5, 0.6) is 5.75 Å². The van der Waals surface area contributed by atoms with Gasteiger partial charge >= 0.3 is 0 Å². The summed E-state index contributed by atoms with van der Waals surface area (Å²) in [6.07, 6.45) is 1.91. The Bertz CT molecular complexity index is 956. The molecule has 26 heavy (non-hydrogen) atoms. The second kappa shape index (κ2) is 8.12. The van der Waals surface area contributed by atoms with Crippen LogP contribution in [-0.4, -0.2) is 23.4 Å². The van der Waals surface area contributed by atoms with Crippen LogP contribution in [0.3, 0.4) is 0 Å². The number of hydrogen-bond donors (Lipinski definition) is 3. The lowest BCUT2D eigenvalue weighted by atomic mass is 10.1.